The first-order valence-corrected chi connectivity index (χ1v) is 10.3. The lowest BCUT2D eigenvalue weighted by Crippen LogP contribution is -2.12. The van der Waals surface area contributed by atoms with Crippen molar-refractivity contribution < 1.29 is 4.79 Å². The van der Waals surface area contributed by atoms with E-state index in [1.165, 1.54) is 6.92 Å². The summed E-state index contributed by atoms with van der Waals surface area (Å²) in [5.41, 5.74) is 8.66. The molecular weight excluding hydrogens is 438 g/mol. The number of amides is 1. The molecule has 0 atom stereocenters. The molecule has 4 aromatic rings. The number of aromatic nitrogens is 1. The van der Waals surface area contributed by atoms with Crippen molar-refractivity contribution >= 4 is 28.1 Å². The molecule has 1 amide bonds. The van der Waals surface area contributed by atoms with Gasteiger partial charge in [0.25, 0.3) is 0 Å². The summed E-state index contributed by atoms with van der Waals surface area (Å²) in [5, 5.41) is 4.14. The fourth-order valence-electron chi connectivity index (χ4n) is 3.39. The Morgan fingerprint density at radius 2 is 1.50 bits per heavy atom. The fraction of sp³-hybridized carbons (Fsp3) is 0.0400. The van der Waals surface area contributed by atoms with Gasteiger partial charge in [0.05, 0.1) is 17.6 Å². The zero-order chi connectivity index (χ0) is 20.9. The number of carbonyl (C=O) groups is 1. The molecule has 0 bridgehead atoms. The van der Waals surface area contributed by atoms with E-state index < -0.39 is 0 Å². The maximum absolute atomic E-state index is 11.3. The number of carbonyl (C=O) groups excluding carboxylic acids is 1. The molecule has 1 aromatic heterocycles. The molecule has 0 unspecified atom stereocenters. The van der Waals surface area contributed by atoms with Gasteiger partial charge < -0.3 is 4.57 Å². The van der Waals surface area contributed by atoms with Crippen LogP contribution in [0.3, 0.4) is 0 Å². The molecule has 5 heteroatoms. The van der Waals surface area contributed by atoms with Crippen molar-refractivity contribution in [2.24, 2.45) is 5.10 Å². The largest absolute Gasteiger partial charge is 0.309 e. The zero-order valence-electron chi connectivity index (χ0n) is 16.4. The Hall–Kier alpha value is -3.44. The van der Waals surface area contributed by atoms with Crippen LogP contribution in [-0.4, -0.2) is 16.7 Å². The van der Waals surface area contributed by atoms with Gasteiger partial charge in [-0.15, -0.1) is 0 Å². The van der Waals surface area contributed by atoms with Crippen LogP contribution in [0, 0.1) is 0 Å². The van der Waals surface area contributed by atoms with Gasteiger partial charge in [0.15, 0.2) is 0 Å². The minimum Gasteiger partial charge on any atom is -0.309 e. The summed E-state index contributed by atoms with van der Waals surface area (Å²) in [6.45, 7) is 1.44. The number of hydrogen-bond donors (Lipinski definition) is 1. The molecule has 4 nitrogen and oxygen atoms in total. The van der Waals surface area contributed by atoms with E-state index in [9.17, 15) is 4.79 Å². The molecule has 1 N–H and O–H groups in total. The van der Waals surface area contributed by atoms with Crippen LogP contribution in [0.15, 0.2) is 101 Å². The van der Waals surface area contributed by atoms with Crippen LogP contribution >= 0.6 is 15.9 Å². The van der Waals surface area contributed by atoms with Gasteiger partial charge in [0, 0.05) is 22.6 Å². The Bertz CT molecular complexity index is 1180. The van der Waals surface area contributed by atoms with Gasteiger partial charge in [-0.25, -0.2) is 5.43 Å². The molecule has 0 radical (unpaired) electrons. The molecule has 148 valence electrons. The average Bonchev–Trinajstić information content (AvgIpc) is 3.15. The third-order valence-electron chi connectivity index (χ3n) is 4.66. The van der Waals surface area contributed by atoms with Gasteiger partial charge >= 0.3 is 0 Å². The topological polar surface area (TPSA) is 46.4 Å². The quantitative estimate of drug-likeness (QED) is 0.288. The van der Waals surface area contributed by atoms with Gasteiger partial charge in [0.2, 0.25) is 5.91 Å². The number of halogens is 1. The van der Waals surface area contributed by atoms with Crippen LogP contribution in [0.2, 0.25) is 0 Å². The van der Waals surface area contributed by atoms with E-state index in [1.54, 1.807) is 6.21 Å². The van der Waals surface area contributed by atoms with E-state index >= 15 is 0 Å². The summed E-state index contributed by atoms with van der Waals surface area (Å²) in [4.78, 5) is 11.3. The molecule has 0 saturated carbocycles. The predicted molar refractivity (Wildman–Crippen MR) is 126 cm³/mol. The van der Waals surface area contributed by atoms with Crippen LogP contribution in [0.25, 0.3) is 28.2 Å². The van der Waals surface area contributed by atoms with Gasteiger partial charge in [0.1, 0.15) is 0 Å². The second-order valence-electron chi connectivity index (χ2n) is 6.80. The molecular formula is C25H20BrN3O. The summed E-state index contributed by atoms with van der Waals surface area (Å²) in [5.74, 6) is -0.205. The third-order valence-corrected chi connectivity index (χ3v) is 5.19. The van der Waals surface area contributed by atoms with E-state index in [-0.39, 0.29) is 5.91 Å². The van der Waals surface area contributed by atoms with Crippen molar-refractivity contribution in [2.75, 3.05) is 0 Å². The van der Waals surface area contributed by atoms with Gasteiger partial charge in [-0.3, -0.25) is 4.79 Å². The van der Waals surface area contributed by atoms with Crippen molar-refractivity contribution in [1.29, 1.82) is 0 Å². The standard InChI is InChI=1S/C25H20BrN3O/c1-18(30)28-27-17-21-16-24(19-8-4-2-5-9-19)29(23-14-12-22(26)13-15-23)25(21)20-10-6-3-7-11-20/h2-17H,1H3,(H,28,30)/b27-17+. The highest BCUT2D eigenvalue weighted by atomic mass is 79.9. The number of nitrogens with zero attached hydrogens (tertiary/aromatic N) is 2. The minimum atomic E-state index is -0.205. The Kier molecular flexibility index (Phi) is 5.91. The molecule has 1 heterocycles. The van der Waals surface area contributed by atoms with Crippen molar-refractivity contribution in [2.45, 2.75) is 6.92 Å². The van der Waals surface area contributed by atoms with E-state index in [4.69, 9.17) is 0 Å². The average molecular weight is 458 g/mol. The molecule has 0 aliphatic rings. The molecule has 30 heavy (non-hydrogen) atoms. The van der Waals surface area contributed by atoms with E-state index in [0.29, 0.717) is 0 Å². The monoisotopic (exact) mass is 457 g/mol. The van der Waals surface area contributed by atoms with Crippen LogP contribution in [0.1, 0.15) is 12.5 Å². The molecule has 0 spiro atoms. The maximum Gasteiger partial charge on any atom is 0.236 e. The van der Waals surface area contributed by atoms with Crippen LogP contribution in [-0.2, 0) is 4.79 Å². The highest BCUT2D eigenvalue weighted by molar-refractivity contribution is 9.10. The number of hydrogen-bond acceptors (Lipinski definition) is 2. The molecule has 0 aliphatic carbocycles. The van der Waals surface area contributed by atoms with E-state index in [0.717, 1.165) is 38.2 Å². The van der Waals surface area contributed by atoms with Gasteiger partial charge in [-0.1, -0.05) is 76.6 Å². The Balaban J connectivity index is 2.00. The molecule has 0 aliphatic heterocycles. The second-order valence-corrected chi connectivity index (χ2v) is 7.72. The lowest BCUT2D eigenvalue weighted by Gasteiger charge is -2.15. The summed E-state index contributed by atoms with van der Waals surface area (Å²) < 4.78 is 3.25. The first-order chi connectivity index (χ1) is 14.6. The van der Waals surface area contributed by atoms with Gasteiger partial charge in [-0.2, -0.15) is 5.10 Å². The molecule has 4 rings (SSSR count). The molecule has 0 fully saturated rings. The molecule has 0 saturated heterocycles. The number of rotatable bonds is 5. The fourth-order valence-corrected chi connectivity index (χ4v) is 3.66. The second kappa shape index (κ2) is 8.93. The number of benzene rings is 3. The van der Waals surface area contributed by atoms with Crippen molar-refractivity contribution in [3.63, 3.8) is 0 Å². The van der Waals surface area contributed by atoms with Crippen LogP contribution in [0.5, 0.6) is 0 Å². The highest BCUT2D eigenvalue weighted by Gasteiger charge is 2.18. The maximum atomic E-state index is 11.3. The predicted octanol–water partition coefficient (Wildman–Crippen LogP) is 6.04. The van der Waals surface area contributed by atoms with Crippen LogP contribution < -0.4 is 5.43 Å². The Labute approximate surface area is 184 Å². The first kappa shape index (κ1) is 19.9. The summed E-state index contributed by atoms with van der Waals surface area (Å²) in [7, 11) is 0. The molecule has 3 aromatic carbocycles. The SMILES string of the molecule is CC(=O)N/N=C/c1cc(-c2ccccc2)n(-c2ccc(Br)cc2)c1-c1ccccc1. The van der Waals surface area contributed by atoms with Crippen LogP contribution in [0.4, 0.5) is 0 Å². The summed E-state index contributed by atoms with van der Waals surface area (Å²) in [6.07, 6.45) is 1.70. The number of nitrogens with one attached hydrogen (secondary N) is 1. The lowest BCUT2D eigenvalue weighted by molar-refractivity contribution is -0.118. The first-order valence-electron chi connectivity index (χ1n) is 9.55. The normalized spacial score (nSPS) is 11.0. The third kappa shape index (κ3) is 4.26. The summed E-state index contributed by atoms with van der Waals surface area (Å²) in [6, 6.07) is 30.8. The van der Waals surface area contributed by atoms with Crippen molar-refractivity contribution in [3.8, 4) is 28.2 Å². The lowest BCUT2D eigenvalue weighted by atomic mass is 10.1. The number of hydrazone groups is 1. The Morgan fingerprint density at radius 3 is 2.10 bits per heavy atom. The van der Waals surface area contributed by atoms with Crippen molar-refractivity contribution in [3.05, 3.63) is 101 Å². The Morgan fingerprint density at radius 1 is 0.900 bits per heavy atom. The minimum absolute atomic E-state index is 0.205. The summed E-state index contributed by atoms with van der Waals surface area (Å²) >= 11 is 3.53. The van der Waals surface area contributed by atoms with Crippen molar-refractivity contribution in [1.82, 2.24) is 9.99 Å². The zero-order valence-corrected chi connectivity index (χ0v) is 18.0. The van der Waals surface area contributed by atoms with E-state index in [1.807, 2.05) is 48.5 Å². The van der Waals surface area contributed by atoms with Gasteiger partial charge in [-0.05, 0) is 41.5 Å². The van der Waals surface area contributed by atoms with E-state index in [2.05, 4.69) is 73.5 Å². The smallest absolute Gasteiger partial charge is 0.236 e. The highest BCUT2D eigenvalue weighted by Crippen LogP contribution is 2.35.